The normalized spacial score (nSPS) is 8.00. The van der Waals surface area contributed by atoms with Crippen molar-refractivity contribution in [3.8, 4) is 5.75 Å². The summed E-state index contributed by atoms with van der Waals surface area (Å²) in [5, 5.41) is 10.3. The van der Waals surface area contributed by atoms with E-state index in [2.05, 4.69) is 4.98 Å². The molecule has 4 nitrogen and oxygen atoms in total. The SMILES string of the molecule is Oc1cccc2cccnc12.[NH2-].[NH2-].[Pd+2]. The van der Waals surface area contributed by atoms with Crippen LogP contribution in [0.15, 0.2) is 36.5 Å². The van der Waals surface area contributed by atoms with Crippen LogP contribution in [-0.4, -0.2) is 10.1 Å². The second-order valence-electron chi connectivity index (χ2n) is 2.35. The smallest absolute Gasteiger partial charge is 0.693 e. The zero-order valence-electron chi connectivity index (χ0n) is 7.33. The number of hydrogen-bond acceptors (Lipinski definition) is 2. The Kier molecular flexibility index (Phi) is 7.15. The van der Waals surface area contributed by atoms with E-state index in [0.717, 1.165) is 5.39 Å². The number of hydrogen-bond donors (Lipinski definition) is 1. The first kappa shape index (κ1) is 15.5. The van der Waals surface area contributed by atoms with Gasteiger partial charge in [0.25, 0.3) is 0 Å². The van der Waals surface area contributed by atoms with Crippen LogP contribution in [0.5, 0.6) is 5.75 Å². The Morgan fingerprint density at radius 3 is 2.29 bits per heavy atom. The number of aromatic nitrogens is 1. The van der Waals surface area contributed by atoms with Gasteiger partial charge in [0.15, 0.2) is 0 Å². The van der Waals surface area contributed by atoms with Gasteiger partial charge in [0.2, 0.25) is 0 Å². The van der Waals surface area contributed by atoms with E-state index in [0.29, 0.717) is 5.52 Å². The van der Waals surface area contributed by atoms with Crippen molar-refractivity contribution >= 4 is 10.9 Å². The molecule has 0 spiro atoms. The Morgan fingerprint density at radius 1 is 1.00 bits per heavy atom. The fraction of sp³-hybridized carbons (Fsp3) is 0. The summed E-state index contributed by atoms with van der Waals surface area (Å²) in [5.41, 5.74) is 0.662. The molecule has 14 heavy (non-hydrogen) atoms. The predicted molar refractivity (Wildman–Crippen MR) is 54.0 cm³/mol. The van der Waals surface area contributed by atoms with Gasteiger partial charge >= 0.3 is 20.4 Å². The average molecular weight is 284 g/mol. The zero-order chi connectivity index (χ0) is 7.68. The summed E-state index contributed by atoms with van der Waals surface area (Å²) in [7, 11) is 0. The van der Waals surface area contributed by atoms with Crippen LogP contribution < -0.4 is 0 Å². The molecule has 2 rings (SSSR count). The molecule has 1 heterocycles. The third-order valence-electron chi connectivity index (χ3n) is 1.61. The van der Waals surface area contributed by atoms with Crippen LogP contribution in [0.2, 0.25) is 0 Å². The Bertz CT molecular complexity index is 389. The van der Waals surface area contributed by atoms with Gasteiger partial charge in [-0.3, -0.25) is 4.98 Å². The van der Waals surface area contributed by atoms with Crippen molar-refractivity contribution in [2.24, 2.45) is 0 Å². The van der Waals surface area contributed by atoms with Crippen molar-refractivity contribution in [1.29, 1.82) is 0 Å². The summed E-state index contributed by atoms with van der Waals surface area (Å²) in [5.74, 6) is 0.239. The van der Waals surface area contributed by atoms with Crippen LogP contribution in [0.25, 0.3) is 23.2 Å². The Hall–Kier alpha value is -0.988. The van der Waals surface area contributed by atoms with Crippen LogP contribution in [-0.2, 0) is 20.4 Å². The first-order chi connectivity index (χ1) is 5.38. The zero-order valence-corrected chi connectivity index (χ0v) is 8.88. The molecule has 0 atom stereocenters. The number of fused-ring (bicyclic) bond motifs is 1. The van der Waals surface area contributed by atoms with Crippen molar-refractivity contribution in [1.82, 2.24) is 4.98 Å². The van der Waals surface area contributed by atoms with E-state index in [1.54, 1.807) is 18.3 Å². The van der Waals surface area contributed by atoms with Crippen LogP contribution in [0, 0.1) is 0 Å². The number of phenolic OH excluding ortho intramolecular Hbond substituents is 1. The fourth-order valence-electron chi connectivity index (χ4n) is 1.09. The van der Waals surface area contributed by atoms with Crippen molar-refractivity contribution in [3.63, 3.8) is 0 Å². The van der Waals surface area contributed by atoms with Gasteiger partial charge in [0.05, 0.1) is 0 Å². The molecule has 0 saturated carbocycles. The standard InChI is InChI=1S/C9H7NO.2H2N.Pd/c11-8-5-1-3-7-4-2-6-10-9(7)8;;;/h1-6,11H;2*1H2;/q;2*-1;+2. The molecule has 0 aliphatic heterocycles. The Labute approximate surface area is 96.2 Å². The first-order valence-electron chi connectivity index (χ1n) is 3.40. The monoisotopic (exact) mass is 283 g/mol. The van der Waals surface area contributed by atoms with Gasteiger partial charge in [-0.25, -0.2) is 0 Å². The number of nitrogens with two attached hydrogens (primary N) is 2. The molecule has 0 bridgehead atoms. The molecular formula is C9H11N3OPd. The van der Waals surface area contributed by atoms with Crippen LogP contribution in [0.4, 0.5) is 0 Å². The number of aromatic hydroxyl groups is 1. The number of para-hydroxylation sites is 1. The Balaban J connectivity index is 0. The second kappa shape index (κ2) is 6.46. The van der Waals surface area contributed by atoms with Crippen LogP contribution in [0.3, 0.4) is 0 Å². The maximum absolute atomic E-state index is 9.31. The molecule has 0 aliphatic rings. The average Bonchev–Trinajstić information content (AvgIpc) is 2.06. The molecule has 1 aromatic carbocycles. The number of benzene rings is 1. The van der Waals surface area contributed by atoms with Gasteiger partial charge in [0, 0.05) is 11.6 Å². The predicted octanol–water partition coefficient (Wildman–Crippen LogP) is 3.37. The minimum absolute atomic E-state index is 0. The van der Waals surface area contributed by atoms with Crippen molar-refractivity contribution in [2.75, 3.05) is 0 Å². The molecule has 0 fully saturated rings. The number of nitrogens with zero attached hydrogens (tertiary/aromatic N) is 1. The van der Waals surface area contributed by atoms with E-state index in [4.69, 9.17) is 0 Å². The minimum atomic E-state index is 0. The summed E-state index contributed by atoms with van der Waals surface area (Å²) >= 11 is 0. The topological polar surface area (TPSA) is 100 Å². The molecule has 2 aromatic rings. The molecule has 0 unspecified atom stereocenters. The summed E-state index contributed by atoms with van der Waals surface area (Å²) in [6, 6.07) is 9.13. The molecular weight excluding hydrogens is 273 g/mol. The quantitative estimate of drug-likeness (QED) is 0.749. The van der Waals surface area contributed by atoms with Crippen LogP contribution in [0.1, 0.15) is 0 Å². The fourth-order valence-corrected chi connectivity index (χ4v) is 1.09. The summed E-state index contributed by atoms with van der Waals surface area (Å²) in [4.78, 5) is 4.03. The third kappa shape index (κ3) is 2.76. The largest absolute Gasteiger partial charge is 2.00 e. The third-order valence-corrected chi connectivity index (χ3v) is 1.61. The molecule has 0 radical (unpaired) electrons. The van der Waals surface area contributed by atoms with E-state index in [1.807, 2.05) is 18.2 Å². The summed E-state index contributed by atoms with van der Waals surface area (Å²) in [6.45, 7) is 0. The molecule has 78 valence electrons. The number of rotatable bonds is 0. The molecule has 5 heteroatoms. The van der Waals surface area contributed by atoms with Gasteiger partial charge in [-0.1, -0.05) is 18.2 Å². The molecule has 0 amide bonds. The van der Waals surface area contributed by atoms with Gasteiger partial charge in [-0.2, -0.15) is 0 Å². The maximum atomic E-state index is 9.31. The van der Waals surface area contributed by atoms with Crippen LogP contribution >= 0.6 is 0 Å². The minimum Gasteiger partial charge on any atom is -0.693 e. The summed E-state index contributed by atoms with van der Waals surface area (Å²) in [6.07, 6.45) is 1.67. The van der Waals surface area contributed by atoms with E-state index in [9.17, 15) is 5.11 Å². The van der Waals surface area contributed by atoms with Gasteiger partial charge in [0.1, 0.15) is 11.3 Å². The molecule has 0 saturated heterocycles. The number of phenols is 1. The first-order valence-corrected chi connectivity index (χ1v) is 3.40. The number of pyridine rings is 1. The van der Waals surface area contributed by atoms with Crippen molar-refractivity contribution < 1.29 is 25.5 Å². The van der Waals surface area contributed by atoms with Crippen molar-refractivity contribution in [3.05, 3.63) is 48.8 Å². The molecule has 5 N–H and O–H groups in total. The van der Waals surface area contributed by atoms with Gasteiger partial charge in [-0.05, 0) is 12.1 Å². The second-order valence-corrected chi connectivity index (χ2v) is 2.35. The summed E-state index contributed by atoms with van der Waals surface area (Å²) < 4.78 is 0. The Morgan fingerprint density at radius 2 is 1.64 bits per heavy atom. The molecule has 0 aliphatic carbocycles. The van der Waals surface area contributed by atoms with Gasteiger partial charge in [-0.15, -0.1) is 0 Å². The van der Waals surface area contributed by atoms with E-state index < -0.39 is 0 Å². The maximum Gasteiger partial charge on any atom is 2.00 e. The van der Waals surface area contributed by atoms with Gasteiger partial charge < -0.3 is 17.4 Å². The van der Waals surface area contributed by atoms with E-state index in [1.165, 1.54) is 0 Å². The molecule has 1 aromatic heterocycles. The van der Waals surface area contributed by atoms with E-state index in [-0.39, 0.29) is 38.5 Å². The van der Waals surface area contributed by atoms with E-state index >= 15 is 0 Å². The van der Waals surface area contributed by atoms with Crippen molar-refractivity contribution in [2.45, 2.75) is 0 Å².